The summed E-state index contributed by atoms with van der Waals surface area (Å²) >= 11 is 11.9. The van der Waals surface area contributed by atoms with Gasteiger partial charge in [-0.25, -0.2) is 13.2 Å². The number of benzene rings is 1. The van der Waals surface area contributed by atoms with Gasteiger partial charge in [-0.15, -0.1) is 12.4 Å². The largest absolute Gasteiger partial charge is 0.485 e. The third-order valence-corrected chi connectivity index (χ3v) is 3.47. The molecule has 0 saturated carbocycles. The number of pyridine rings is 1. The average molecular weight is 402 g/mol. The zero-order chi connectivity index (χ0) is 17.1. The normalized spacial score (nSPS) is 12.0. The molecule has 1 unspecified atom stereocenters. The first kappa shape index (κ1) is 20.8. The van der Waals surface area contributed by atoms with Gasteiger partial charge in [-0.05, 0) is 25.1 Å². The molecular weight excluding hydrogens is 388 g/mol. The topological polar surface area (TPSA) is 48.1 Å². The summed E-state index contributed by atoms with van der Waals surface area (Å²) < 4.78 is 43.9. The maximum atomic E-state index is 14.1. The second-order valence-electron chi connectivity index (χ2n) is 4.85. The van der Waals surface area contributed by atoms with Crippen molar-refractivity contribution in [3.8, 4) is 16.9 Å². The monoisotopic (exact) mass is 400 g/mol. The molecule has 0 saturated heterocycles. The molecule has 0 spiro atoms. The fourth-order valence-electron chi connectivity index (χ4n) is 2.00. The number of aromatic nitrogens is 1. The maximum absolute atomic E-state index is 14.1. The Morgan fingerprint density at radius 3 is 2.46 bits per heavy atom. The van der Waals surface area contributed by atoms with Crippen molar-refractivity contribution in [2.45, 2.75) is 19.4 Å². The molecule has 1 atom stereocenters. The lowest BCUT2D eigenvalue weighted by Crippen LogP contribution is -2.10. The number of nitrogens with two attached hydrogens (primary N) is 1. The molecule has 2 N–H and O–H groups in total. The first-order valence-electron chi connectivity index (χ1n) is 6.61. The Bertz CT molecular complexity index is 715. The van der Waals surface area contributed by atoms with Gasteiger partial charge < -0.3 is 10.5 Å². The Labute approximate surface area is 153 Å². The highest BCUT2D eigenvalue weighted by molar-refractivity contribution is 6.36. The van der Waals surface area contributed by atoms with Gasteiger partial charge in [0.05, 0.1) is 10.7 Å². The molecule has 3 nitrogen and oxygen atoms in total. The second-order valence-corrected chi connectivity index (χ2v) is 5.69. The molecule has 1 aromatic carbocycles. The maximum Gasteiger partial charge on any atom is 0.272 e. The molecule has 0 bridgehead atoms. The van der Waals surface area contributed by atoms with E-state index in [9.17, 15) is 13.2 Å². The molecule has 132 valence electrons. The number of hydrogen-bond donors (Lipinski definition) is 1. The summed E-state index contributed by atoms with van der Waals surface area (Å²) in [6.45, 7) is 0.751. The first-order chi connectivity index (χ1) is 10.8. The number of halogens is 6. The summed E-state index contributed by atoms with van der Waals surface area (Å²) in [6.07, 6.45) is -1.32. The minimum atomic E-state index is -2.68. The van der Waals surface area contributed by atoms with E-state index in [0.29, 0.717) is 5.56 Å². The van der Waals surface area contributed by atoms with Crippen molar-refractivity contribution in [2.75, 3.05) is 6.61 Å². The lowest BCUT2D eigenvalue weighted by atomic mass is 10.0. The van der Waals surface area contributed by atoms with Crippen LogP contribution in [0, 0.1) is 5.82 Å². The van der Waals surface area contributed by atoms with Crippen LogP contribution in [-0.4, -0.2) is 18.0 Å². The molecule has 1 aromatic heterocycles. The average Bonchev–Trinajstić information content (AvgIpc) is 2.44. The predicted molar refractivity (Wildman–Crippen MR) is 91.0 cm³/mol. The van der Waals surface area contributed by atoms with Gasteiger partial charge in [-0.2, -0.15) is 0 Å². The molecule has 0 amide bonds. The van der Waals surface area contributed by atoms with Crippen LogP contribution >= 0.6 is 35.6 Å². The zero-order valence-electron chi connectivity index (χ0n) is 12.4. The van der Waals surface area contributed by atoms with E-state index in [0.717, 1.165) is 0 Å². The number of hydrogen-bond acceptors (Lipinski definition) is 3. The van der Waals surface area contributed by atoms with Crippen molar-refractivity contribution < 1.29 is 17.9 Å². The molecule has 1 heterocycles. The van der Waals surface area contributed by atoms with Gasteiger partial charge in [0.15, 0.2) is 0 Å². The van der Waals surface area contributed by atoms with E-state index < -0.39 is 24.9 Å². The van der Waals surface area contributed by atoms with Crippen LogP contribution in [0.4, 0.5) is 13.2 Å². The Kier molecular flexibility index (Phi) is 7.60. The number of alkyl halides is 2. The first-order valence-corrected chi connectivity index (χ1v) is 7.36. The third kappa shape index (κ3) is 4.89. The van der Waals surface area contributed by atoms with Gasteiger partial charge in [-0.1, -0.05) is 23.2 Å². The van der Waals surface area contributed by atoms with E-state index in [2.05, 4.69) is 4.98 Å². The molecule has 9 heteroatoms. The van der Waals surface area contributed by atoms with Crippen LogP contribution in [0.2, 0.25) is 10.0 Å². The van der Waals surface area contributed by atoms with Gasteiger partial charge in [-0.3, -0.25) is 4.98 Å². The molecule has 0 fully saturated rings. The SMILES string of the molecule is CC(N)c1ncc(-c2cc(Cl)cc(Cl)c2OCC(F)F)cc1F.Cl. The van der Waals surface area contributed by atoms with E-state index >= 15 is 0 Å². The molecular formula is C15H14Cl3F3N2O. The Morgan fingerprint density at radius 1 is 1.25 bits per heavy atom. The zero-order valence-corrected chi connectivity index (χ0v) is 14.7. The van der Waals surface area contributed by atoms with Gasteiger partial charge >= 0.3 is 0 Å². The van der Waals surface area contributed by atoms with Crippen molar-refractivity contribution in [1.29, 1.82) is 0 Å². The van der Waals surface area contributed by atoms with Crippen molar-refractivity contribution in [2.24, 2.45) is 5.73 Å². The Hall–Kier alpha value is -1.21. The smallest absolute Gasteiger partial charge is 0.272 e. The summed E-state index contributed by atoms with van der Waals surface area (Å²) in [5, 5.41) is 0.302. The number of ether oxygens (including phenoxy) is 1. The van der Waals surface area contributed by atoms with Crippen molar-refractivity contribution in [1.82, 2.24) is 4.98 Å². The van der Waals surface area contributed by atoms with Gasteiger partial charge in [0.2, 0.25) is 0 Å². The van der Waals surface area contributed by atoms with E-state index in [1.807, 2.05) is 0 Å². The van der Waals surface area contributed by atoms with Gasteiger partial charge in [0.25, 0.3) is 6.43 Å². The van der Waals surface area contributed by atoms with Crippen LogP contribution in [0.15, 0.2) is 24.4 Å². The molecule has 0 aliphatic heterocycles. The van der Waals surface area contributed by atoms with Crippen molar-refractivity contribution in [3.05, 3.63) is 46.0 Å². The summed E-state index contributed by atoms with van der Waals surface area (Å²) in [5.74, 6) is -0.625. The lowest BCUT2D eigenvalue weighted by molar-refractivity contribution is 0.0822. The summed E-state index contributed by atoms with van der Waals surface area (Å²) in [7, 11) is 0. The van der Waals surface area contributed by atoms with Crippen LogP contribution in [0.3, 0.4) is 0 Å². The highest BCUT2D eigenvalue weighted by atomic mass is 35.5. The highest BCUT2D eigenvalue weighted by Gasteiger charge is 2.17. The molecule has 24 heavy (non-hydrogen) atoms. The van der Waals surface area contributed by atoms with Crippen molar-refractivity contribution >= 4 is 35.6 Å². The van der Waals surface area contributed by atoms with Crippen molar-refractivity contribution in [3.63, 3.8) is 0 Å². The molecule has 0 aliphatic carbocycles. The fourth-order valence-corrected chi connectivity index (χ4v) is 2.55. The van der Waals surface area contributed by atoms with Crippen LogP contribution in [0.25, 0.3) is 11.1 Å². The molecule has 2 rings (SSSR count). The van der Waals surface area contributed by atoms with Crippen LogP contribution in [0.5, 0.6) is 5.75 Å². The van der Waals surface area contributed by atoms with E-state index in [1.165, 1.54) is 24.4 Å². The van der Waals surface area contributed by atoms with E-state index in [1.54, 1.807) is 6.92 Å². The lowest BCUT2D eigenvalue weighted by Gasteiger charge is -2.15. The highest BCUT2D eigenvalue weighted by Crippen LogP contribution is 2.39. The standard InChI is InChI=1S/C15H13Cl2F3N2O.ClH/c1-7(21)14-12(18)2-8(5-22-14)10-3-9(16)4-11(17)15(10)23-6-13(19)20;/h2-5,7,13H,6,21H2,1H3;1H. The Morgan fingerprint density at radius 2 is 1.92 bits per heavy atom. The van der Waals surface area contributed by atoms with E-state index in [4.69, 9.17) is 33.7 Å². The van der Waals surface area contributed by atoms with E-state index in [-0.39, 0.29) is 39.5 Å². The number of rotatable bonds is 5. The minimum absolute atomic E-state index is 0. The summed E-state index contributed by atoms with van der Waals surface area (Å²) in [5.41, 5.74) is 6.27. The predicted octanol–water partition coefficient (Wildman–Crippen LogP) is 5.28. The van der Waals surface area contributed by atoms with Crippen LogP contribution in [-0.2, 0) is 0 Å². The number of nitrogens with zero attached hydrogens (tertiary/aromatic N) is 1. The van der Waals surface area contributed by atoms with Crippen LogP contribution < -0.4 is 10.5 Å². The third-order valence-electron chi connectivity index (χ3n) is 2.97. The van der Waals surface area contributed by atoms with Gasteiger partial charge in [0, 0.05) is 28.4 Å². The minimum Gasteiger partial charge on any atom is -0.485 e. The molecule has 2 aromatic rings. The fraction of sp³-hybridized carbons (Fsp3) is 0.267. The summed E-state index contributed by atoms with van der Waals surface area (Å²) in [4.78, 5) is 3.96. The Balaban J connectivity index is 0.00000288. The molecule has 0 radical (unpaired) electrons. The molecule has 0 aliphatic rings. The van der Waals surface area contributed by atoms with Crippen LogP contribution in [0.1, 0.15) is 18.7 Å². The second kappa shape index (κ2) is 8.76. The van der Waals surface area contributed by atoms with Gasteiger partial charge in [0.1, 0.15) is 18.2 Å². The quantitative estimate of drug-likeness (QED) is 0.741. The summed E-state index contributed by atoms with van der Waals surface area (Å²) in [6, 6.07) is 3.40.